The zero-order chi connectivity index (χ0) is 49.4. The van der Waals surface area contributed by atoms with Gasteiger partial charge in [0.05, 0.1) is 0 Å². The minimum Gasteiger partial charge on any atom is -0.0654 e. The van der Waals surface area contributed by atoms with Crippen LogP contribution in [0.3, 0.4) is 0 Å². The summed E-state index contributed by atoms with van der Waals surface area (Å²) in [5.41, 5.74) is 0. The van der Waals surface area contributed by atoms with Crippen molar-refractivity contribution in [2.24, 2.45) is 0 Å². The quantitative estimate of drug-likeness (QED) is 0.0533. The molecule has 0 aliphatic rings. The first-order valence-electron chi connectivity index (χ1n) is 34.2. The molecule has 0 N–H and O–H groups in total. The molecule has 0 unspecified atom stereocenters. The molecule has 0 saturated carbocycles. The summed E-state index contributed by atoms with van der Waals surface area (Å²) in [6, 6.07) is 0. The summed E-state index contributed by atoms with van der Waals surface area (Å²) < 4.78 is 0. The van der Waals surface area contributed by atoms with Crippen LogP contribution in [0.4, 0.5) is 0 Å². The van der Waals surface area contributed by atoms with Gasteiger partial charge in [-0.05, 0) is 0 Å². The van der Waals surface area contributed by atoms with Gasteiger partial charge in [0.1, 0.15) is 0 Å². The third kappa shape index (κ3) is 68.0. The summed E-state index contributed by atoms with van der Waals surface area (Å²) in [5.74, 6) is 0. The Hall–Kier alpha value is 0. The molecular formula is C69H139. The van der Waals surface area contributed by atoms with Gasteiger partial charge in [-0.2, -0.15) is 0 Å². The molecule has 0 saturated heterocycles. The molecule has 0 amide bonds. The highest BCUT2D eigenvalue weighted by molar-refractivity contribution is 4.56. The molecule has 415 valence electrons. The van der Waals surface area contributed by atoms with Crippen LogP contribution in [-0.4, -0.2) is 0 Å². The first kappa shape index (κ1) is 69.0. The van der Waals surface area contributed by atoms with Crippen molar-refractivity contribution in [1.29, 1.82) is 0 Å². The van der Waals surface area contributed by atoms with Crippen LogP contribution in [-0.2, 0) is 0 Å². The smallest absolute Gasteiger partial charge is 0.0533 e. The van der Waals surface area contributed by atoms with Gasteiger partial charge >= 0.3 is 0 Å². The molecule has 0 aromatic rings. The lowest BCUT2D eigenvalue weighted by Gasteiger charge is -2.05. The van der Waals surface area contributed by atoms with Gasteiger partial charge in [-0.3, -0.25) is 0 Å². The van der Waals surface area contributed by atoms with E-state index in [4.69, 9.17) is 0 Å². The third-order valence-corrected chi connectivity index (χ3v) is 16.6. The van der Waals surface area contributed by atoms with Crippen LogP contribution in [0.25, 0.3) is 0 Å². The fraction of sp³-hybridized carbons (Fsp3) is 0.986. The maximum Gasteiger partial charge on any atom is -0.0533 e. The van der Waals surface area contributed by atoms with E-state index in [1.54, 1.807) is 0 Å². The summed E-state index contributed by atoms with van der Waals surface area (Å²) >= 11 is 0. The number of hydrogen-bond donors (Lipinski definition) is 0. The molecule has 69 heavy (non-hydrogen) atoms. The first-order chi connectivity index (χ1) is 34.4. The summed E-state index contributed by atoms with van der Waals surface area (Å²) in [4.78, 5) is 0. The SMILES string of the molecule is [CH2]CCCCCCCCCCCCCCCCCCCCCCCCCCCCCCCCCCCCCCCCCCCCCCCCCCCCCCCCCCCCCCCCCCCC. The molecule has 0 aromatic carbocycles. The summed E-state index contributed by atoms with van der Waals surface area (Å²) in [6.45, 7) is 6.26. The van der Waals surface area contributed by atoms with E-state index in [1.807, 2.05) is 0 Å². The van der Waals surface area contributed by atoms with Gasteiger partial charge < -0.3 is 0 Å². The number of rotatable bonds is 66. The number of unbranched alkanes of at least 4 members (excludes halogenated alkanes) is 66. The lowest BCUT2D eigenvalue weighted by molar-refractivity contribution is 0.506. The van der Waals surface area contributed by atoms with Gasteiger partial charge in [0.25, 0.3) is 0 Å². The van der Waals surface area contributed by atoms with Gasteiger partial charge in [-0.15, -0.1) is 0 Å². The second-order valence-electron chi connectivity index (χ2n) is 23.8. The highest BCUT2D eigenvalue weighted by atomic mass is 14.1. The highest BCUT2D eigenvalue weighted by Crippen LogP contribution is 2.20. The van der Waals surface area contributed by atoms with Gasteiger partial charge in [-0.1, -0.05) is 444 Å². The van der Waals surface area contributed by atoms with Crippen molar-refractivity contribution >= 4 is 0 Å². The maximum atomic E-state index is 3.95. The van der Waals surface area contributed by atoms with E-state index >= 15 is 0 Å². The lowest BCUT2D eigenvalue weighted by Crippen LogP contribution is -1.85. The minimum atomic E-state index is 1.12. The van der Waals surface area contributed by atoms with E-state index in [-0.39, 0.29) is 0 Å². The van der Waals surface area contributed by atoms with Crippen LogP contribution in [0.15, 0.2) is 0 Å². The Morgan fingerprint density at radius 1 is 0.116 bits per heavy atom. The van der Waals surface area contributed by atoms with Crippen molar-refractivity contribution < 1.29 is 0 Å². The van der Waals surface area contributed by atoms with Crippen molar-refractivity contribution in [3.05, 3.63) is 6.92 Å². The third-order valence-electron chi connectivity index (χ3n) is 16.6. The second kappa shape index (κ2) is 68.0. The average molecular weight is 969 g/mol. The molecule has 0 fully saturated rings. The molecule has 0 aliphatic carbocycles. The van der Waals surface area contributed by atoms with Crippen molar-refractivity contribution in [3.63, 3.8) is 0 Å². The molecule has 0 heteroatoms. The van der Waals surface area contributed by atoms with E-state index in [2.05, 4.69) is 13.8 Å². The molecule has 0 atom stereocenters. The maximum absolute atomic E-state index is 3.95. The molecule has 0 spiro atoms. The molecular weight excluding hydrogens is 829 g/mol. The van der Waals surface area contributed by atoms with E-state index in [1.165, 1.54) is 424 Å². The fourth-order valence-electron chi connectivity index (χ4n) is 11.6. The van der Waals surface area contributed by atoms with Crippen LogP contribution in [0.2, 0.25) is 0 Å². The zero-order valence-electron chi connectivity index (χ0n) is 49.1. The Balaban J connectivity index is 3.07. The van der Waals surface area contributed by atoms with E-state index < -0.39 is 0 Å². The Kier molecular flexibility index (Phi) is 68.0. The van der Waals surface area contributed by atoms with E-state index in [0.717, 1.165) is 6.42 Å². The van der Waals surface area contributed by atoms with Gasteiger partial charge in [0, 0.05) is 0 Å². The summed E-state index contributed by atoms with van der Waals surface area (Å²) in [5, 5.41) is 0. The van der Waals surface area contributed by atoms with Crippen molar-refractivity contribution in [1.82, 2.24) is 0 Å². The second-order valence-corrected chi connectivity index (χ2v) is 23.8. The van der Waals surface area contributed by atoms with Crippen LogP contribution < -0.4 is 0 Å². The topological polar surface area (TPSA) is 0 Å². The first-order valence-corrected chi connectivity index (χ1v) is 34.2. The fourth-order valence-corrected chi connectivity index (χ4v) is 11.6. The van der Waals surface area contributed by atoms with Crippen LogP contribution >= 0.6 is 0 Å². The van der Waals surface area contributed by atoms with Crippen LogP contribution in [0.1, 0.15) is 437 Å². The van der Waals surface area contributed by atoms with E-state index in [0.29, 0.717) is 0 Å². The number of hydrogen-bond acceptors (Lipinski definition) is 0. The average Bonchev–Trinajstić information content (AvgIpc) is 3.36. The summed E-state index contributed by atoms with van der Waals surface area (Å²) in [7, 11) is 0. The van der Waals surface area contributed by atoms with Crippen molar-refractivity contribution in [3.8, 4) is 0 Å². The summed E-state index contributed by atoms with van der Waals surface area (Å²) in [6.07, 6.45) is 99.2. The van der Waals surface area contributed by atoms with Gasteiger partial charge in [0.2, 0.25) is 0 Å². The monoisotopic (exact) mass is 968 g/mol. The highest BCUT2D eigenvalue weighted by Gasteiger charge is 2.01. The van der Waals surface area contributed by atoms with E-state index in [9.17, 15) is 0 Å². The Morgan fingerprint density at radius 3 is 0.261 bits per heavy atom. The molecule has 0 bridgehead atoms. The van der Waals surface area contributed by atoms with Gasteiger partial charge in [0.15, 0.2) is 0 Å². The molecule has 0 nitrogen and oxygen atoms in total. The minimum absolute atomic E-state index is 1.12. The Bertz CT molecular complexity index is 747. The zero-order valence-corrected chi connectivity index (χ0v) is 49.1. The Labute approximate surface area is 442 Å². The van der Waals surface area contributed by atoms with Crippen LogP contribution in [0, 0.1) is 6.92 Å². The molecule has 1 radical (unpaired) electrons. The van der Waals surface area contributed by atoms with Crippen molar-refractivity contribution in [2.45, 2.75) is 437 Å². The van der Waals surface area contributed by atoms with Crippen molar-refractivity contribution in [2.75, 3.05) is 0 Å². The predicted molar refractivity (Wildman–Crippen MR) is 320 cm³/mol. The molecule has 0 heterocycles. The molecule has 0 aromatic heterocycles. The molecule has 0 aliphatic heterocycles. The standard InChI is InChI=1S/C69H139/c1-3-5-7-9-11-13-15-17-19-21-23-25-27-29-31-33-35-37-39-41-43-45-47-49-51-53-55-57-59-61-63-65-67-69-68-66-64-62-60-58-56-54-52-50-48-46-44-42-40-38-36-34-32-30-28-26-24-22-20-18-16-14-12-10-8-6-4-2/h1,3-69H2,2H3. The molecule has 0 rings (SSSR count). The van der Waals surface area contributed by atoms with Gasteiger partial charge in [-0.25, -0.2) is 0 Å². The van der Waals surface area contributed by atoms with Crippen LogP contribution in [0.5, 0.6) is 0 Å². The Morgan fingerprint density at radius 2 is 0.188 bits per heavy atom. The lowest BCUT2D eigenvalue weighted by atomic mass is 10.0. The normalized spacial score (nSPS) is 11.7. The predicted octanol–water partition coefficient (Wildman–Crippen LogP) is 27.0. The largest absolute Gasteiger partial charge is 0.0654 e.